The standard InChI is InChI=1S/C28H34N4O3S/c1-18-24(12-29)26(19(2)36-18)28(34)32-15-22-13-31(14-23(22)16-32)10-8-25(20-6-4-3-5-7-20)30-27(33)21-9-11-35-17-21/h3-7,21-23,25H,8-11,13-17H2,1-2H3,(H,30,33)/t21?,22?,23?,25-/m0/s1. The zero-order chi connectivity index (χ0) is 25.2. The summed E-state index contributed by atoms with van der Waals surface area (Å²) in [7, 11) is 0. The molecule has 2 amide bonds. The van der Waals surface area contributed by atoms with Gasteiger partial charge in [0.05, 0.1) is 29.7 Å². The number of benzene rings is 1. The minimum atomic E-state index is -0.0527. The summed E-state index contributed by atoms with van der Waals surface area (Å²) in [6.45, 7) is 9.36. The van der Waals surface area contributed by atoms with Gasteiger partial charge in [-0.05, 0) is 44.1 Å². The zero-order valence-electron chi connectivity index (χ0n) is 21.0. The van der Waals surface area contributed by atoms with E-state index in [1.807, 2.05) is 36.9 Å². The van der Waals surface area contributed by atoms with Crippen LogP contribution in [0.4, 0.5) is 0 Å². The third-order valence-corrected chi connectivity index (χ3v) is 9.01. The molecule has 3 unspecified atom stereocenters. The maximum Gasteiger partial charge on any atom is 0.256 e. The van der Waals surface area contributed by atoms with Crippen LogP contribution in [0.25, 0.3) is 0 Å². The second-order valence-electron chi connectivity index (χ2n) is 10.4. The van der Waals surface area contributed by atoms with Crippen LogP contribution in [-0.2, 0) is 9.53 Å². The molecule has 3 fully saturated rings. The lowest BCUT2D eigenvalue weighted by Gasteiger charge is -2.25. The van der Waals surface area contributed by atoms with Crippen molar-refractivity contribution in [3.63, 3.8) is 0 Å². The van der Waals surface area contributed by atoms with Crippen molar-refractivity contribution in [3.8, 4) is 6.07 Å². The van der Waals surface area contributed by atoms with Crippen LogP contribution < -0.4 is 5.32 Å². The summed E-state index contributed by atoms with van der Waals surface area (Å²) in [5.41, 5.74) is 2.28. The van der Waals surface area contributed by atoms with Gasteiger partial charge < -0.3 is 19.9 Å². The Hall–Kier alpha value is -2.73. The number of likely N-dealkylation sites (tertiary alicyclic amines) is 2. The maximum atomic E-state index is 13.3. The van der Waals surface area contributed by atoms with Gasteiger partial charge in [-0.25, -0.2) is 0 Å². The van der Waals surface area contributed by atoms with E-state index in [0.29, 0.717) is 36.2 Å². The van der Waals surface area contributed by atoms with Gasteiger partial charge in [0.1, 0.15) is 6.07 Å². The van der Waals surface area contributed by atoms with Gasteiger partial charge in [-0.3, -0.25) is 9.59 Å². The average Bonchev–Trinajstić information content (AvgIpc) is 3.65. The number of carbonyl (C=O) groups is 2. The fraction of sp³-hybridized carbons (Fsp3) is 0.536. The van der Waals surface area contributed by atoms with E-state index in [1.54, 1.807) is 0 Å². The van der Waals surface area contributed by atoms with Gasteiger partial charge in [-0.15, -0.1) is 11.3 Å². The molecule has 1 N–H and O–H groups in total. The number of fused-ring (bicyclic) bond motifs is 1. The van der Waals surface area contributed by atoms with E-state index >= 15 is 0 Å². The minimum Gasteiger partial charge on any atom is -0.381 e. The van der Waals surface area contributed by atoms with Crippen LogP contribution in [0.2, 0.25) is 0 Å². The van der Waals surface area contributed by atoms with Crippen molar-refractivity contribution in [1.82, 2.24) is 15.1 Å². The summed E-state index contributed by atoms with van der Waals surface area (Å²) >= 11 is 1.53. The van der Waals surface area contributed by atoms with Gasteiger partial charge in [0.2, 0.25) is 5.91 Å². The van der Waals surface area contributed by atoms with Gasteiger partial charge in [-0.2, -0.15) is 5.26 Å². The van der Waals surface area contributed by atoms with Crippen LogP contribution >= 0.6 is 11.3 Å². The number of hydrogen-bond acceptors (Lipinski definition) is 6. The van der Waals surface area contributed by atoms with Crippen molar-refractivity contribution < 1.29 is 14.3 Å². The first-order valence-electron chi connectivity index (χ1n) is 12.9. The molecule has 5 rings (SSSR count). The predicted molar refractivity (Wildman–Crippen MR) is 139 cm³/mol. The first kappa shape index (κ1) is 24.9. The highest BCUT2D eigenvalue weighted by molar-refractivity contribution is 7.12. The van der Waals surface area contributed by atoms with Crippen LogP contribution in [0.15, 0.2) is 30.3 Å². The SMILES string of the molecule is Cc1sc(C)c(C(=O)N2CC3CN(CC[C@H](NC(=O)C4CCOC4)c4ccccc4)CC3C2)c1C#N. The molecule has 3 aliphatic heterocycles. The molecular weight excluding hydrogens is 472 g/mol. The van der Waals surface area contributed by atoms with Gasteiger partial charge in [0.25, 0.3) is 5.91 Å². The quantitative estimate of drug-likeness (QED) is 0.621. The van der Waals surface area contributed by atoms with E-state index in [-0.39, 0.29) is 23.8 Å². The second-order valence-corrected chi connectivity index (χ2v) is 11.8. The fourth-order valence-electron chi connectivity index (χ4n) is 6.02. The van der Waals surface area contributed by atoms with Crippen LogP contribution in [0.5, 0.6) is 0 Å². The van der Waals surface area contributed by atoms with Crippen molar-refractivity contribution in [3.05, 3.63) is 56.8 Å². The van der Waals surface area contributed by atoms with E-state index < -0.39 is 0 Å². The molecule has 8 heteroatoms. The van der Waals surface area contributed by atoms with Crippen molar-refractivity contribution in [1.29, 1.82) is 5.26 Å². The van der Waals surface area contributed by atoms with E-state index in [9.17, 15) is 14.9 Å². The summed E-state index contributed by atoms with van der Waals surface area (Å²) in [5.74, 6) is 0.963. The first-order chi connectivity index (χ1) is 17.4. The largest absolute Gasteiger partial charge is 0.381 e. The number of nitrogens with one attached hydrogen (secondary N) is 1. The van der Waals surface area contributed by atoms with Gasteiger partial charge in [0.15, 0.2) is 0 Å². The Kier molecular flexibility index (Phi) is 7.42. The Bertz CT molecular complexity index is 1140. The monoisotopic (exact) mass is 506 g/mol. The highest BCUT2D eigenvalue weighted by atomic mass is 32.1. The van der Waals surface area contributed by atoms with Crippen LogP contribution in [0, 0.1) is 42.9 Å². The maximum absolute atomic E-state index is 13.3. The summed E-state index contributed by atoms with van der Waals surface area (Å²) in [4.78, 5) is 32.4. The Morgan fingerprint density at radius 3 is 2.50 bits per heavy atom. The van der Waals surface area contributed by atoms with E-state index in [0.717, 1.165) is 60.9 Å². The van der Waals surface area contributed by atoms with E-state index in [4.69, 9.17) is 4.74 Å². The fourth-order valence-corrected chi connectivity index (χ4v) is 7.02. The van der Waals surface area contributed by atoms with E-state index in [1.165, 1.54) is 11.3 Å². The number of nitriles is 1. The number of thiophene rings is 1. The normalized spacial score (nSPS) is 24.5. The second kappa shape index (κ2) is 10.7. The van der Waals surface area contributed by atoms with Crippen LogP contribution in [0.3, 0.4) is 0 Å². The molecule has 3 saturated heterocycles. The zero-order valence-corrected chi connectivity index (χ0v) is 21.9. The molecule has 0 aliphatic carbocycles. The van der Waals surface area contributed by atoms with Crippen molar-refractivity contribution >= 4 is 23.2 Å². The van der Waals surface area contributed by atoms with Crippen LogP contribution in [0.1, 0.15) is 50.1 Å². The lowest BCUT2D eigenvalue weighted by molar-refractivity contribution is -0.125. The number of aryl methyl sites for hydroxylation is 2. The number of rotatable bonds is 7. The molecule has 4 atom stereocenters. The Morgan fingerprint density at radius 2 is 1.86 bits per heavy atom. The molecule has 190 valence electrons. The summed E-state index contributed by atoms with van der Waals surface area (Å²) in [6, 6.07) is 12.4. The Balaban J connectivity index is 1.17. The molecular formula is C28H34N4O3S. The molecule has 1 aromatic heterocycles. The third-order valence-electron chi connectivity index (χ3n) is 7.99. The third kappa shape index (κ3) is 5.06. The Labute approximate surface area is 217 Å². The van der Waals surface area contributed by atoms with Crippen molar-refractivity contribution in [2.75, 3.05) is 45.9 Å². The molecule has 4 heterocycles. The number of amides is 2. The molecule has 0 saturated carbocycles. The number of nitrogens with zero attached hydrogens (tertiary/aromatic N) is 3. The lowest BCUT2D eigenvalue weighted by Crippen LogP contribution is -2.37. The molecule has 1 aromatic carbocycles. The topological polar surface area (TPSA) is 85.7 Å². The predicted octanol–water partition coefficient (Wildman–Crippen LogP) is 3.52. The molecule has 0 bridgehead atoms. The highest BCUT2D eigenvalue weighted by Gasteiger charge is 2.42. The summed E-state index contributed by atoms with van der Waals surface area (Å²) < 4.78 is 5.41. The Morgan fingerprint density at radius 1 is 1.14 bits per heavy atom. The number of hydrogen-bond donors (Lipinski definition) is 1. The highest BCUT2D eigenvalue weighted by Crippen LogP contribution is 2.35. The number of ether oxygens (including phenoxy) is 1. The first-order valence-corrected chi connectivity index (χ1v) is 13.7. The molecule has 0 radical (unpaired) electrons. The van der Waals surface area contributed by atoms with Gasteiger partial charge in [-0.1, -0.05) is 30.3 Å². The molecule has 3 aliphatic rings. The van der Waals surface area contributed by atoms with Crippen LogP contribution in [-0.4, -0.2) is 67.6 Å². The van der Waals surface area contributed by atoms with Crippen molar-refractivity contribution in [2.45, 2.75) is 32.7 Å². The molecule has 36 heavy (non-hydrogen) atoms. The van der Waals surface area contributed by atoms with E-state index in [2.05, 4.69) is 28.4 Å². The summed E-state index contributed by atoms with van der Waals surface area (Å²) in [6.07, 6.45) is 1.64. The van der Waals surface area contributed by atoms with Crippen molar-refractivity contribution in [2.24, 2.45) is 17.8 Å². The molecule has 7 nitrogen and oxygen atoms in total. The lowest BCUT2D eigenvalue weighted by atomic mass is 10.0. The van der Waals surface area contributed by atoms with Gasteiger partial charge in [0, 0.05) is 49.1 Å². The molecule has 2 aromatic rings. The average molecular weight is 507 g/mol. The minimum absolute atomic E-state index is 0.0112. The van der Waals surface area contributed by atoms with Gasteiger partial charge >= 0.3 is 0 Å². The number of carbonyl (C=O) groups excluding carboxylic acids is 2. The summed E-state index contributed by atoms with van der Waals surface area (Å²) in [5, 5.41) is 12.8. The smallest absolute Gasteiger partial charge is 0.256 e. The molecule has 0 spiro atoms.